The molecule has 0 amide bonds. The van der Waals surface area contributed by atoms with Gasteiger partial charge >= 0.3 is 0 Å². The van der Waals surface area contributed by atoms with Gasteiger partial charge < -0.3 is 4.79 Å². The average molecular weight is 182 g/mol. The predicted molar refractivity (Wildman–Crippen MR) is 55.7 cm³/mol. The first-order chi connectivity index (χ1) is 6.08. The van der Waals surface area contributed by atoms with Crippen molar-refractivity contribution in [3.05, 3.63) is 0 Å². The van der Waals surface area contributed by atoms with Crippen molar-refractivity contribution in [1.82, 2.24) is 0 Å². The topological polar surface area (TPSA) is 17.1 Å². The van der Waals surface area contributed by atoms with E-state index in [1.54, 1.807) is 6.92 Å². The molecule has 2 atom stereocenters. The van der Waals surface area contributed by atoms with Gasteiger partial charge in [0.25, 0.3) is 0 Å². The summed E-state index contributed by atoms with van der Waals surface area (Å²) in [5, 5.41) is 0. The lowest BCUT2D eigenvalue weighted by Gasteiger charge is -2.30. The minimum absolute atomic E-state index is 0.370. The van der Waals surface area contributed by atoms with Crippen LogP contribution in [0.15, 0.2) is 0 Å². The lowest BCUT2D eigenvalue weighted by molar-refractivity contribution is -0.118. The third kappa shape index (κ3) is 2.55. The zero-order chi connectivity index (χ0) is 9.90. The summed E-state index contributed by atoms with van der Waals surface area (Å²) in [6, 6.07) is 0. The summed E-state index contributed by atoms with van der Waals surface area (Å²) < 4.78 is 0. The molecule has 0 saturated heterocycles. The number of ketones is 1. The summed E-state index contributed by atoms with van der Waals surface area (Å²) in [5.41, 5.74) is 0.473. The van der Waals surface area contributed by atoms with Crippen LogP contribution in [0.25, 0.3) is 0 Å². The largest absolute Gasteiger partial charge is 0.300 e. The third-order valence-electron chi connectivity index (χ3n) is 3.64. The maximum absolute atomic E-state index is 11.1. The van der Waals surface area contributed by atoms with E-state index in [-0.39, 0.29) is 0 Å². The van der Waals surface area contributed by atoms with Crippen LogP contribution in [0.1, 0.15) is 59.3 Å². The van der Waals surface area contributed by atoms with E-state index in [9.17, 15) is 4.79 Å². The van der Waals surface area contributed by atoms with Crippen molar-refractivity contribution in [2.45, 2.75) is 59.3 Å². The summed E-state index contributed by atoms with van der Waals surface area (Å²) in [6.07, 6.45) is 7.30. The molecule has 1 aliphatic carbocycles. The van der Waals surface area contributed by atoms with Gasteiger partial charge in [0, 0.05) is 6.42 Å². The molecular formula is C12H22O. The summed E-state index contributed by atoms with van der Waals surface area (Å²) in [5.74, 6) is 1.04. The number of carbonyl (C=O) groups excluding carboxylic acids is 1. The second-order valence-corrected chi connectivity index (χ2v) is 4.90. The Bertz CT molecular complexity index is 186. The highest BCUT2D eigenvalue weighted by atomic mass is 16.1. The van der Waals surface area contributed by atoms with Crippen LogP contribution in [-0.2, 0) is 4.79 Å². The Labute approximate surface area is 81.9 Å². The molecular weight excluding hydrogens is 160 g/mol. The molecule has 0 heterocycles. The lowest BCUT2D eigenvalue weighted by atomic mass is 9.74. The number of hydrogen-bond acceptors (Lipinski definition) is 1. The third-order valence-corrected chi connectivity index (χ3v) is 3.64. The first-order valence-electron chi connectivity index (χ1n) is 5.58. The van der Waals surface area contributed by atoms with Crippen LogP contribution in [0.4, 0.5) is 0 Å². The highest BCUT2D eigenvalue weighted by molar-refractivity contribution is 5.75. The van der Waals surface area contributed by atoms with E-state index in [4.69, 9.17) is 0 Å². The van der Waals surface area contributed by atoms with Crippen LogP contribution in [0.5, 0.6) is 0 Å². The minimum Gasteiger partial charge on any atom is -0.300 e. The average Bonchev–Trinajstić information content (AvgIpc) is 2.32. The maximum Gasteiger partial charge on any atom is 0.130 e. The molecule has 1 nitrogen and oxygen atoms in total. The van der Waals surface area contributed by atoms with Gasteiger partial charge in [0.05, 0.1) is 0 Å². The van der Waals surface area contributed by atoms with E-state index in [1.807, 2.05) is 0 Å². The zero-order valence-corrected chi connectivity index (χ0v) is 9.23. The Hall–Kier alpha value is -0.330. The minimum atomic E-state index is 0.370. The molecule has 0 aliphatic heterocycles. The monoisotopic (exact) mass is 182 g/mol. The summed E-state index contributed by atoms with van der Waals surface area (Å²) in [4.78, 5) is 11.1. The van der Waals surface area contributed by atoms with E-state index < -0.39 is 0 Å². The SMILES string of the molecule is CCCC1(C)CCCC1CC(C)=O. The Morgan fingerprint density at radius 2 is 2.23 bits per heavy atom. The van der Waals surface area contributed by atoms with E-state index >= 15 is 0 Å². The van der Waals surface area contributed by atoms with Crippen LogP contribution in [0.3, 0.4) is 0 Å². The fourth-order valence-corrected chi connectivity index (χ4v) is 2.90. The Morgan fingerprint density at radius 3 is 2.77 bits per heavy atom. The first-order valence-corrected chi connectivity index (χ1v) is 5.58. The van der Waals surface area contributed by atoms with Crippen molar-refractivity contribution < 1.29 is 4.79 Å². The van der Waals surface area contributed by atoms with E-state index in [0.717, 1.165) is 6.42 Å². The highest BCUT2D eigenvalue weighted by Gasteiger charge is 2.37. The fourth-order valence-electron chi connectivity index (χ4n) is 2.90. The van der Waals surface area contributed by atoms with Gasteiger partial charge in [-0.1, -0.05) is 26.7 Å². The van der Waals surface area contributed by atoms with Gasteiger partial charge in [-0.05, 0) is 37.5 Å². The molecule has 0 N–H and O–H groups in total. The predicted octanol–water partition coefficient (Wildman–Crippen LogP) is 3.57. The van der Waals surface area contributed by atoms with Crippen molar-refractivity contribution in [1.29, 1.82) is 0 Å². The molecule has 0 radical (unpaired) electrons. The molecule has 0 bridgehead atoms. The summed E-state index contributed by atoms with van der Waals surface area (Å²) in [6.45, 7) is 6.34. The van der Waals surface area contributed by atoms with Crippen molar-refractivity contribution >= 4 is 5.78 Å². The normalized spacial score (nSPS) is 33.6. The van der Waals surface area contributed by atoms with Crippen LogP contribution in [-0.4, -0.2) is 5.78 Å². The Morgan fingerprint density at radius 1 is 1.54 bits per heavy atom. The molecule has 0 aromatic carbocycles. The van der Waals surface area contributed by atoms with Crippen LogP contribution in [0, 0.1) is 11.3 Å². The molecule has 1 rings (SSSR count). The Balaban J connectivity index is 2.56. The zero-order valence-electron chi connectivity index (χ0n) is 9.23. The molecule has 1 heteroatoms. The second-order valence-electron chi connectivity index (χ2n) is 4.90. The van der Waals surface area contributed by atoms with Crippen LogP contribution < -0.4 is 0 Å². The standard InChI is InChI=1S/C12H22O/c1-4-7-12(3)8-5-6-11(12)9-10(2)13/h11H,4-9H2,1-3H3. The van der Waals surface area contributed by atoms with Gasteiger partial charge in [-0.15, -0.1) is 0 Å². The summed E-state index contributed by atoms with van der Waals surface area (Å²) >= 11 is 0. The fraction of sp³-hybridized carbons (Fsp3) is 0.917. The number of Topliss-reactive ketones (excluding diaryl/α,β-unsaturated/α-hetero) is 1. The highest BCUT2D eigenvalue weighted by Crippen LogP contribution is 2.47. The number of carbonyl (C=O) groups is 1. The quantitative estimate of drug-likeness (QED) is 0.649. The van der Waals surface area contributed by atoms with E-state index in [0.29, 0.717) is 17.1 Å². The molecule has 0 aromatic rings. The van der Waals surface area contributed by atoms with Gasteiger partial charge in [-0.3, -0.25) is 0 Å². The maximum atomic E-state index is 11.1. The van der Waals surface area contributed by atoms with Crippen molar-refractivity contribution in [3.8, 4) is 0 Å². The van der Waals surface area contributed by atoms with Crippen molar-refractivity contribution in [2.75, 3.05) is 0 Å². The van der Waals surface area contributed by atoms with Gasteiger partial charge in [-0.2, -0.15) is 0 Å². The molecule has 76 valence electrons. The molecule has 0 aromatic heterocycles. The molecule has 1 aliphatic rings. The molecule has 0 spiro atoms. The lowest BCUT2D eigenvalue weighted by Crippen LogP contribution is -2.23. The van der Waals surface area contributed by atoms with E-state index in [2.05, 4.69) is 13.8 Å². The van der Waals surface area contributed by atoms with Crippen LogP contribution >= 0.6 is 0 Å². The number of rotatable bonds is 4. The van der Waals surface area contributed by atoms with Gasteiger partial charge in [0.15, 0.2) is 0 Å². The molecule has 2 unspecified atom stereocenters. The van der Waals surface area contributed by atoms with E-state index in [1.165, 1.54) is 32.1 Å². The van der Waals surface area contributed by atoms with Crippen LogP contribution in [0.2, 0.25) is 0 Å². The van der Waals surface area contributed by atoms with Gasteiger partial charge in [0.1, 0.15) is 5.78 Å². The van der Waals surface area contributed by atoms with Crippen molar-refractivity contribution in [3.63, 3.8) is 0 Å². The first kappa shape index (κ1) is 10.7. The van der Waals surface area contributed by atoms with Gasteiger partial charge in [-0.25, -0.2) is 0 Å². The smallest absolute Gasteiger partial charge is 0.130 e. The Kier molecular flexibility index (Phi) is 3.52. The van der Waals surface area contributed by atoms with Crippen molar-refractivity contribution in [2.24, 2.45) is 11.3 Å². The molecule has 1 saturated carbocycles. The number of hydrogen-bond donors (Lipinski definition) is 0. The molecule has 1 fully saturated rings. The van der Waals surface area contributed by atoms with Gasteiger partial charge in [0.2, 0.25) is 0 Å². The second kappa shape index (κ2) is 4.26. The summed E-state index contributed by atoms with van der Waals surface area (Å²) in [7, 11) is 0. The molecule has 13 heavy (non-hydrogen) atoms.